The van der Waals surface area contributed by atoms with Gasteiger partial charge >= 0.3 is 0 Å². The molecule has 0 bridgehead atoms. The Morgan fingerprint density at radius 3 is 2.44 bits per heavy atom. The lowest BCUT2D eigenvalue weighted by atomic mass is 9.88. The number of fused-ring (bicyclic) bond motifs is 1. The molecule has 2 fully saturated rings. The number of para-hydroxylation sites is 1. The van der Waals surface area contributed by atoms with Gasteiger partial charge in [-0.2, -0.15) is 0 Å². The van der Waals surface area contributed by atoms with Crippen molar-refractivity contribution in [2.24, 2.45) is 5.92 Å². The maximum Gasteiger partial charge on any atom is 0.253 e. The number of aromatic nitrogens is 1. The topological polar surface area (TPSA) is 56.4 Å². The molecule has 0 radical (unpaired) electrons. The Morgan fingerprint density at radius 1 is 0.906 bits per heavy atom. The lowest BCUT2D eigenvalue weighted by molar-refractivity contribution is -0.138. The minimum Gasteiger partial charge on any atom is -0.361 e. The Kier molecular flexibility index (Phi) is 5.73. The molecule has 1 unspecified atom stereocenters. The molecule has 2 aliphatic heterocycles. The first-order valence-corrected chi connectivity index (χ1v) is 11.8. The van der Waals surface area contributed by atoms with E-state index in [-0.39, 0.29) is 17.7 Å². The van der Waals surface area contributed by atoms with E-state index in [9.17, 15) is 9.59 Å². The van der Waals surface area contributed by atoms with E-state index in [1.54, 1.807) is 0 Å². The van der Waals surface area contributed by atoms with Crippen molar-refractivity contribution >= 4 is 22.7 Å². The molecule has 1 atom stereocenters. The zero-order valence-corrected chi connectivity index (χ0v) is 18.7. The summed E-state index contributed by atoms with van der Waals surface area (Å²) in [5.74, 6) is 0.674. The zero-order chi connectivity index (χ0) is 22.1. The summed E-state index contributed by atoms with van der Waals surface area (Å²) in [4.78, 5) is 33.5. The molecule has 0 aliphatic carbocycles. The van der Waals surface area contributed by atoms with Crippen molar-refractivity contribution in [3.8, 4) is 0 Å². The summed E-state index contributed by atoms with van der Waals surface area (Å²) >= 11 is 0. The van der Waals surface area contributed by atoms with Crippen LogP contribution in [0.1, 0.15) is 53.1 Å². The van der Waals surface area contributed by atoms with Gasteiger partial charge in [0, 0.05) is 48.8 Å². The largest absolute Gasteiger partial charge is 0.361 e. The van der Waals surface area contributed by atoms with Crippen molar-refractivity contribution < 1.29 is 9.59 Å². The summed E-state index contributed by atoms with van der Waals surface area (Å²) in [7, 11) is 0. The van der Waals surface area contributed by atoms with Gasteiger partial charge < -0.3 is 14.8 Å². The third-order valence-electron chi connectivity index (χ3n) is 7.22. The summed E-state index contributed by atoms with van der Waals surface area (Å²) in [6.07, 6.45) is 5.89. The lowest BCUT2D eigenvalue weighted by Gasteiger charge is -2.38. The van der Waals surface area contributed by atoms with Gasteiger partial charge in [0.05, 0.1) is 5.92 Å². The van der Waals surface area contributed by atoms with Crippen LogP contribution in [-0.2, 0) is 4.79 Å². The van der Waals surface area contributed by atoms with Gasteiger partial charge in [-0.1, -0.05) is 35.9 Å². The van der Waals surface area contributed by atoms with E-state index in [0.717, 1.165) is 50.9 Å². The van der Waals surface area contributed by atoms with E-state index < -0.39 is 0 Å². The fourth-order valence-corrected chi connectivity index (χ4v) is 5.34. The number of amides is 2. The highest BCUT2D eigenvalue weighted by molar-refractivity contribution is 5.94. The number of carbonyl (C=O) groups excluding carboxylic acids is 2. The fourth-order valence-electron chi connectivity index (χ4n) is 5.34. The van der Waals surface area contributed by atoms with Crippen molar-refractivity contribution in [1.82, 2.24) is 14.8 Å². The van der Waals surface area contributed by atoms with Crippen molar-refractivity contribution in [2.45, 2.75) is 38.5 Å². The molecule has 2 saturated heterocycles. The van der Waals surface area contributed by atoms with Crippen LogP contribution in [0.2, 0.25) is 0 Å². The van der Waals surface area contributed by atoms with E-state index in [4.69, 9.17) is 0 Å². The normalized spacial score (nSPS) is 20.0. The molecule has 1 N–H and O–H groups in total. The average molecular weight is 430 g/mol. The summed E-state index contributed by atoms with van der Waals surface area (Å²) < 4.78 is 0. The minimum atomic E-state index is -0.0808. The van der Waals surface area contributed by atoms with E-state index in [1.807, 2.05) is 41.0 Å². The maximum atomic E-state index is 13.3. The smallest absolute Gasteiger partial charge is 0.253 e. The van der Waals surface area contributed by atoms with Gasteiger partial charge in [-0.05, 0) is 62.3 Å². The van der Waals surface area contributed by atoms with Crippen LogP contribution in [0.5, 0.6) is 0 Å². The quantitative estimate of drug-likeness (QED) is 0.654. The van der Waals surface area contributed by atoms with Gasteiger partial charge in [-0.15, -0.1) is 0 Å². The summed E-state index contributed by atoms with van der Waals surface area (Å²) in [6.45, 7) is 4.88. The van der Waals surface area contributed by atoms with Gasteiger partial charge in [-0.3, -0.25) is 9.59 Å². The third-order valence-corrected chi connectivity index (χ3v) is 7.22. The van der Waals surface area contributed by atoms with Crippen LogP contribution in [0.15, 0.2) is 54.7 Å². The predicted octanol–water partition coefficient (Wildman–Crippen LogP) is 4.73. The summed E-state index contributed by atoms with van der Waals surface area (Å²) in [5.41, 5.74) is 4.41. The first-order valence-electron chi connectivity index (χ1n) is 11.8. The molecule has 3 heterocycles. The minimum absolute atomic E-state index is 0.0422. The average Bonchev–Trinajstić information content (AvgIpc) is 3.28. The third kappa shape index (κ3) is 4.04. The molecule has 2 amide bonds. The van der Waals surface area contributed by atoms with Gasteiger partial charge in [0.2, 0.25) is 5.91 Å². The highest BCUT2D eigenvalue weighted by atomic mass is 16.2. The first-order chi connectivity index (χ1) is 15.6. The second-order valence-corrected chi connectivity index (χ2v) is 9.35. The highest BCUT2D eigenvalue weighted by Gasteiger charge is 2.33. The first kappa shape index (κ1) is 20.8. The van der Waals surface area contributed by atoms with Crippen LogP contribution in [0.3, 0.4) is 0 Å². The summed E-state index contributed by atoms with van der Waals surface area (Å²) in [6, 6.07) is 16.2. The molecule has 2 aromatic carbocycles. The highest BCUT2D eigenvalue weighted by Crippen LogP contribution is 2.34. The maximum absolute atomic E-state index is 13.3. The number of rotatable bonds is 3. The molecule has 5 rings (SSSR count). The Hall–Kier alpha value is -3.08. The van der Waals surface area contributed by atoms with Gasteiger partial charge in [0.15, 0.2) is 0 Å². The number of carbonyl (C=O) groups is 2. The molecule has 2 aliphatic rings. The molecule has 5 heteroatoms. The van der Waals surface area contributed by atoms with Gasteiger partial charge in [0.1, 0.15) is 0 Å². The van der Waals surface area contributed by atoms with Crippen LogP contribution in [0.25, 0.3) is 10.9 Å². The second-order valence-electron chi connectivity index (χ2n) is 9.35. The Labute approximate surface area is 189 Å². The van der Waals surface area contributed by atoms with Crippen molar-refractivity contribution in [1.29, 1.82) is 0 Å². The van der Waals surface area contributed by atoms with Crippen molar-refractivity contribution in [3.63, 3.8) is 0 Å². The number of nitrogens with one attached hydrogen (secondary N) is 1. The zero-order valence-electron chi connectivity index (χ0n) is 18.7. The molecule has 3 aromatic rings. The van der Waals surface area contributed by atoms with Crippen molar-refractivity contribution in [3.05, 3.63) is 71.4 Å². The molecule has 5 nitrogen and oxygen atoms in total. The molecule has 0 spiro atoms. The van der Waals surface area contributed by atoms with Crippen LogP contribution in [0, 0.1) is 12.8 Å². The molecule has 166 valence electrons. The second kappa shape index (κ2) is 8.81. The predicted molar refractivity (Wildman–Crippen MR) is 127 cm³/mol. The fraction of sp³-hybridized carbons (Fsp3) is 0.407. The number of H-pyrrole nitrogens is 1. The molecular weight excluding hydrogens is 398 g/mol. The monoisotopic (exact) mass is 429 g/mol. The lowest BCUT2D eigenvalue weighted by Crippen LogP contribution is -2.48. The Morgan fingerprint density at radius 2 is 1.66 bits per heavy atom. The number of nitrogens with zero attached hydrogens (tertiary/aromatic N) is 2. The van der Waals surface area contributed by atoms with E-state index in [2.05, 4.69) is 35.4 Å². The van der Waals surface area contributed by atoms with Gasteiger partial charge in [0.25, 0.3) is 5.91 Å². The number of aromatic amines is 1. The van der Waals surface area contributed by atoms with E-state index in [0.29, 0.717) is 18.0 Å². The number of aryl methyl sites for hydroxylation is 1. The van der Waals surface area contributed by atoms with Crippen LogP contribution in [0.4, 0.5) is 0 Å². The van der Waals surface area contributed by atoms with Crippen molar-refractivity contribution in [2.75, 3.05) is 26.2 Å². The molecular formula is C27H31N3O2. The van der Waals surface area contributed by atoms with Gasteiger partial charge in [-0.25, -0.2) is 0 Å². The van der Waals surface area contributed by atoms with Crippen LogP contribution < -0.4 is 0 Å². The van der Waals surface area contributed by atoms with Crippen LogP contribution in [-0.4, -0.2) is 52.8 Å². The number of benzene rings is 2. The number of piperidine rings is 2. The molecule has 0 saturated carbocycles. The number of likely N-dealkylation sites (tertiary alicyclic amines) is 2. The number of hydrogen-bond acceptors (Lipinski definition) is 2. The molecule has 32 heavy (non-hydrogen) atoms. The van der Waals surface area contributed by atoms with E-state index in [1.165, 1.54) is 16.5 Å². The number of hydrogen-bond donors (Lipinski definition) is 1. The van der Waals surface area contributed by atoms with E-state index >= 15 is 0 Å². The molecule has 1 aromatic heterocycles. The standard InChI is InChI=1S/C27H31N3O2/c1-19-8-10-21(11-9-19)26(31)30-14-4-5-22(18-30)27(32)29-15-12-20(13-16-29)24-17-28-25-7-3-2-6-23(24)25/h2-3,6-11,17,20,22,28H,4-5,12-16,18H2,1H3. The summed E-state index contributed by atoms with van der Waals surface area (Å²) in [5, 5.41) is 1.30. The Balaban J connectivity index is 1.20. The van der Waals surface area contributed by atoms with Crippen LogP contribution >= 0.6 is 0 Å². The SMILES string of the molecule is Cc1ccc(C(=O)N2CCCC(C(=O)N3CCC(c4c[nH]c5ccccc45)CC3)C2)cc1. The Bertz CT molecular complexity index is 1110.